The molecule has 0 saturated carbocycles. The fourth-order valence-corrected chi connectivity index (χ4v) is 4.37. The Balaban J connectivity index is 1.50. The number of hydrogen-bond acceptors (Lipinski definition) is 9. The molecule has 0 aliphatic carbocycles. The molecule has 0 bridgehead atoms. The highest BCUT2D eigenvalue weighted by Gasteiger charge is 2.18. The number of aromatic nitrogens is 4. The Morgan fingerprint density at radius 3 is 2.43 bits per heavy atom. The lowest BCUT2D eigenvalue weighted by atomic mass is 10.2. The van der Waals surface area contributed by atoms with Gasteiger partial charge in [-0.2, -0.15) is 5.10 Å². The molecule has 2 heterocycles. The van der Waals surface area contributed by atoms with E-state index in [0.717, 1.165) is 15.7 Å². The Labute approximate surface area is 226 Å². The summed E-state index contributed by atoms with van der Waals surface area (Å²) >= 11 is 4.70. The Morgan fingerprint density at radius 1 is 1.08 bits per heavy atom. The van der Waals surface area contributed by atoms with Crippen molar-refractivity contribution in [3.63, 3.8) is 0 Å². The van der Waals surface area contributed by atoms with Crippen LogP contribution in [0.15, 0.2) is 75.7 Å². The van der Waals surface area contributed by atoms with Crippen LogP contribution in [0.4, 0.5) is 0 Å². The Kier molecular flexibility index (Phi) is 8.75. The van der Waals surface area contributed by atoms with E-state index in [-0.39, 0.29) is 11.7 Å². The second kappa shape index (κ2) is 12.4. The first-order valence-corrected chi connectivity index (χ1v) is 12.7. The predicted octanol–water partition coefficient (Wildman–Crippen LogP) is 4.36. The lowest BCUT2D eigenvalue weighted by Crippen LogP contribution is -2.20. The fraction of sp³-hybridized carbons (Fsp3) is 0.160. The number of halogens is 1. The molecule has 1 N–H and O–H groups in total. The zero-order chi connectivity index (χ0) is 26.2. The van der Waals surface area contributed by atoms with E-state index in [0.29, 0.717) is 33.8 Å². The molecule has 2 aromatic heterocycles. The van der Waals surface area contributed by atoms with Crippen LogP contribution >= 0.6 is 27.7 Å². The summed E-state index contributed by atoms with van der Waals surface area (Å²) in [5, 5.41) is 13.3. The van der Waals surface area contributed by atoms with Crippen LogP contribution in [0.2, 0.25) is 0 Å². The highest BCUT2D eigenvalue weighted by atomic mass is 79.9. The number of carbonyl (C=O) groups is 1. The third-order valence-electron chi connectivity index (χ3n) is 5.11. The highest BCUT2D eigenvalue weighted by Crippen LogP contribution is 2.32. The molecule has 0 aliphatic rings. The van der Waals surface area contributed by atoms with E-state index in [1.54, 1.807) is 31.6 Å². The van der Waals surface area contributed by atoms with Crippen molar-refractivity contribution in [3.05, 3.63) is 71.0 Å². The van der Waals surface area contributed by atoms with Crippen molar-refractivity contribution in [2.45, 2.75) is 5.16 Å². The first-order chi connectivity index (χ1) is 18.0. The van der Waals surface area contributed by atoms with Gasteiger partial charge < -0.3 is 14.2 Å². The molecule has 1 amide bonds. The summed E-state index contributed by atoms with van der Waals surface area (Å²) in [6.45, 7) is 0. The molecule has 0 fully saturated rings. The third-order valence-corrected chi connectivity index (χ3v) is 6.56. The summed E-state index contributed by atoms with van der Waals surface area (Å²) in [6.07, 6.45) is 4.88. The molecule has 2 aromatic carbocycles. The molecule has 12 heteroatoms. The van der Waals surface area contributed by atoms with Crippen LogP contribution in [0, 0.1) is 0 Å². The number of hydrogen-bond donors (Lipinski definition) is 1. The van der Waals surface area contributed by atoms with Gasteiger partial charge in [-0.05, 0) is 36.4 Å². The van der Waals surface area contributed by atoms with Crippen LogP contribution in [0.1, 0.15) is 5.56 Å². The highest BCUT2D eigenvalue weighted by molar-refractivity contribution is 9.10. The number of rotatable bonds is 10. The van der Waals surface area contributed by atoms with Crippen LogP contribution < -0.4 is 19.6 Å². The molecule has 0 spiro atoms. The normalized spacial score (nSPS) is 10.9. The topological polar surface area (TPSA) is 113 Å². The second-order valence-electron chi connectivity index (χ2n) is 7.39. The minimum absolute atomic E-state index is 0.0654. The molecule has 0 saturated heterocycles. The number of thioether (sulfide) groups is 1. The van der Waals surface area contributed by atoms with Gasteiger partial charge in [0.25, 0.3) is 5.91 Å². The van der Waals surface area contributed by atoms with E-state index in [2.05, 4.69) is 41.6 Å². The summed E-state index contributed by atoms with van der Waals surface area (Å²) in [5.41, 5.74) is 4.76. The SMILES string of the molecule is COc1cc(OC)c(C=NNC(=O)CSc2nnc(-c3cccnc3)n2-c2ccc(Br)cc2)c(OC)c1. The monoisotopic (exact) mass is 582 g/mol. The molecule has 4 rings (SSSR count). The maximum Gasteiger partial charge on any atom is 0.250 e. The molecule has 0 aliphatic heterocycles. The van der Waals surface area contributed by atoms with E-state index in [1.807, 2.05) is 41.0 Å². The molecular weight excluding hydrogens is 560 g/mol. The number of hydrazone groups is 1. The van der Waals surface area contributed by atoms with E-state index < -0.39 is 0 Å². The number of carbonyl (C=O) groups excluding carboxylic acids is 1. The van der Waals surface area contributed by atoms with Gasteiger partial charge in [-0.25, -0.2) is 5.43 Å². The largest absolute Gasteiger partial charge is 0.496 e. The van der Waals surface area contributed by atoms with Crippen molar-refractivity contribution in [3.8, 4) is 34.3 Å². The molecule has 0 radical (unpaired) electrons. The van der Waals surface area contributed by atoms with Gasteiger partial charge in [0.05, 0.1) is 38.9 Å². The van der Waals surface area contributed by atoms with Crippen molar-refractivity contribution in [1.29, 1.82) is 0 Å². The molecule has 0 unspecified atom stereocenters. The summed E-state index contributed by atoms with van der Waals surface area (Å²) < 4.78 is 18.9. The van der Waals surface area contributed by atoms with Crippen molar-refractivity contribution >= 4 is 39.8 Å². The lowest BCUT2D eigenvalue weighted by molar-refractivity contribution is -0.118. The Hall–Kier alpha value is -3.90. The fourth-order valence-electron chi connectivity index (χ4n) is 3.36. The van der Waals surface area contributed by atoms with Gasteiger partial charge >= 0.3 is 0 Å². The predicted molar refractivity (Wildman–Crippen MR) is 145 cm³/mol. The molecule has 0 atom stereocenters. The average Bonchev–Trinajstić information content (AvgIpc) is 3.36. The second-order valence-corrected chi connectivity index (χ2v) is 9.25. The van der Waals surface area contributed by atoms with E-state index in [4.69, 9.17) is 14.2 Å². The minimum atomic E-state index is -0.319. The molecular formula is C25H23BrN6O4S. The molecule has 4 aromatic rings. The quantitative estimate of drug-likeness (QED) is 0.167. The summed E-state index contributed by atoms with van der Waals surface area (Å²) in [5.74, 6) is 1.93. The first-order valence-electron chi connectivity index (χ1n) is 10.9. The smallest absolute Gasteiger partial charge is 0.250 e. The van der Waals surface area contributed by atoms with Crippen molar-refractivity contribution < 1.29 is 19.0 Å². The number of benzene rings is 2. The summed E-state index contributed by atoms with van der Waals surface area (Å²) in [4.78, 5) is 16.8. The van der Waals surface area contributed by atoms with Crippen molar-refractivity contribution in [2.24, 2.45) is 5.10 Å². The zero-order valence-electron chi connectivity index (χ0n) is 20.2. The van der Waals surface area contributed by atoms with Gasteiger partial charge in [-0.3, -0.25) is 14.3 Å². The average molecular weight is 583 g/mol. The zero-order valence-corrected chi connectivity index (χ0v) is 22.6. The van der Waals surface area contributed by atoms with Gasteiger partial charge in [-0.15, -0.1) is 10.2 Å². The summed E-state index contributed by atoms with van der Waals surface area (Å²) in [6, 6.07) is 14.9. The number of pyridine rings is 1. The number of ether oxygens (including phenoxy) is 3. The molecule has 37 heavy (non-hydrogen) atoms. The number of nitrogens with one attached hydrogen (secondary N) is 1. The van der Waals surface area contributed by atoms with Crippen molar-refractivity contribution in [2.75, 3.05) is 27.1 Å². The van der Waals surface area contributed by atoms with Crippen LogP contribution in [0.25, 0.3) is 17.1 Å². The van der Waals surface area contributed by atoms with Gasteiger partial charge in [0.1, 0.15) is 17.2 Å². The maximum absolute atomic E-state index is 12.6. The number of amides is 1. The van der Waals surface area contributed by atoms with Crippen LogP contribution in [-0.2, 0) is 4.79 Å². The standard InChI is InChI=1S/C25H23BrN6O4S/c1-34-19-11-21(35-2)20(22(12-19)36-3)14-28-29-23(33)15-37-25-31-30-24(16-5-4-10-27-13-16)32(25)18-8-6-17(26)7-9-18/h4-14H,15H2,1-3H3,(H,29,33). The third kappa shape index (κ3) is 6.27. The van der Waals surface area contributed by atoms with Crippen molar-refractivity contribution in [1.82, 2.24) is 25.2 Å². The maximum atomic E-state index is 12.6. The van der Waals surface area contributed by atoms with Crippen LogP contribution in [0.3, 0.4) is 0 Å². The van der Waals surface area contributed by atoms with Crippen LogP contribution in [0.5, 0.6) is 17.2 Å². The van der Waals surface area contributed by atoms with Gasteiger partial charge in [-0.1, -0.05) is 27.7 Å². The number of nitrogens with zero attached hydrogens (tertiary/aromatic N) is 5. The Morgan fingerprint density at radius 2 is 1.81 bits per heavy atom. The Bertz CT molecular complexity index is 1370. The minimum Gasteiger partial charge on any atom is -0.496 e. The molecule has 10 nitrogen and oxygen atoms in total. The van der Waals surface area contributed by atoms with E-state index in [1.165, 1.54) is 32.2 Å². The number of methoxy groups -OCH3 is 3. The van der Waals surface area contributed by atoms with Gasteiger partial charge in [0.15, 0.2) is 11.0 Å². The lowest BCUT2D eigenvalue weighted by Gasteiger charge is -2.12. The van der Waals surface area contributed by atoms with E-state index in [9.17, 15) is 4.79 Å². The van der Waals surface area contributed by atoms with E-state index >= 15 is 0 Å². The van der Waals surface area contributed by atoms with Gasteiger partial charge in [0.2, 0.25) is 0 Å². The summed E-state index contributed by atoms with van der Waals surface area (Å²) in [7, 11) is 4.61. The molecule has 190 valence electrons. The first kappa shape index (κ1) is 26.2. The van der Waals surface area contributed by atoms with Crippen LogP contribution in [-0.4, -0.2) is 59.0 Å². The van der Waals surface area contributed by atoms with Gasteiger partial charge in [0, 0.05) is 40.2 Å².